The van der Waals surface area contributed by atoms with E-state index in [1.165, 1.54) is 10.4 Å². The van der Waals surface area contributed by atoms with Crippen LogP contribution in [0.5, 0.6) is 5.75 Å². The van der Waals surface area contributed by atoms with Crippen LogP contribution in [0.2, 0.25) is 0 Å². The van der Waals surface area contributed by atoms with Crippen molar-refractivity contribution in [3.8, 4) is 11.8 Å². The third kappa shape index (κ3) is 2.83. The van der Waals surface area contributed by atoms with E-state index < -0.39 is 0 Å². The molecule has 0 N–H and O–H groups in total. The van der Waals surface area contributed by atoms with Gasteiger partial charge in [-0.3, -0.25) is 4.79 Å². The van der Waals surface area contributed by atoms with E-state index in [1.807, 2.05) is 4.90 Å². The molecule has 1 atom stereocenters. The topological polar surface area (TPSA) is 53.3 Å². The summed E-state index contributed by atoms with van der Waals surface area (Å²) in [7, 11) is 0. The van der Waals surface area contributed by atoms with E-state index in [9.17, 15) is 4.79 Å². The van der Waals surface area contributed by atoms with Gasteiger partial charge in [-0.25, -0.2) is 0 Å². The number of carbonyl (C=O) groups is 1. The number of carbonyl (C=O) groups excluding carboxylic acids is 1. The molecule has 0 fully saturated rings. The van der Waals surface area contributed by atoms with E-state index in [0.29, 0.717) is 11.3 Å². The second-order valence-electron chi connectivity index (χ2n) is 5.24. The summed E-state index contributed by atoms with van der Waals surface area (Å²) < 4.78 is 5.54. The fraction of sp³-hybridized carbons (Fsp3) is 0.294. The number of rotatable bonds is 3. The van der Waals surface area contributed by atoms with Crippen LogP contribution in [0.3, 0.4) is 0 Å². The van der Waals surface area contributed by atoms with E-state index in [0.717, 1.165) is 13.0 Å². The summed E-state index contributed by atoms with van der Waals surface area (Å²) in [6.45, 7) is 2.82. The molecule has 2 heterocycles. The lowest BCUT2D eigenvalue weighted by molar-refractivity contribution is -0.135. The average Bonchev–Trinajstić information content (AvgIpc) is 3.03. The van der Waals surface area contributed by atoms with Crippen LogP contribution in [0.4, 0.5) is 0 Å². The zero-order valence-electron chi connectivity index (χ0n) is 12.3. The van der Waals surface area contributed by atoms with Gasteiger partial charge in [-0.2, -0.15) is 5.26 Å². The highest BCUT2D eigenvalue weighted by molar-refractivity contribution is 7.10. The molecule has 112 valence electrons. The highest BCUT2D eigenvalue weighted by Crippen LogP contribution is 2.32. The van der Waals surface area contributed by atoms with Gasteiger partial charge in [0.15, 0.2) is 6.61 Å². The molecule has 5 heteroatoms. The summed E-state index contributed by atoms with van der Waals surface area (Å²) in [4.78, 5) is 15.6. The van der Waals surface area contributed by atoms with Crippen LogP contribution in [0.25, 0.3) is 0 Å². The van der Waals surface area contributed by atoms with Gasteiger partial charge in [-0.05, 0) is 54.6 Å². The van der Waals surface area contributed by atoms with Crippen molar-refractivity contribution in [2.75, 3.05) is 13.2 Å². The summed E-state index contributed by atoms with van der Waals surface area (Å²) in [6.07, 6.45) is 0.917. The number of benzene rings is 1. The second kappa shape index (κ2) is 6.20. The van der Waals surface area contributed by atoms with Crippen molar-refractivity contribution in [3.63, 3.8) is 0 Å². The molecular formula is C17H16N2O2S. The normalized spacial score (nSPS) is 16.7. The summed E-state index contributed by atoms with van der Waals surface area (Å²) in [5, 5.41) is 10.8. The van der Waals surface area contributed by atoms with Crippen molar-refractivity contribution in [3.05, 3.63) is 51.7 Å². The minimum absolute atomic E-state index is 0.00582. The van der Waals surface area contributed by atoms with Gasteiger partial charge in [0.1, 0.15) is 5.75 Å². The molecule has 1 amide bonds. The molecule has 2 aromatic rings. The van der Waals surface area contributed by atoms with Gasteiger partial charge in [0.05, 0.1) is 17.7 Å². The SMILES string of the molecule is C[C@@H]1c2ccsc2CCN1C(=O)COc1ccc(C#N)cc1. The smallest absolute Gasteiger partial charge is 0.261 e. The van der Waals surface area contributed by atoms with Crippen molar-refractivity contribution < 1.29 is 9.53 Å². The number of ether oxygens (including phenoxy) is 1. The molecule has 0 spiro atoms. The minimum Gasteiger partial charge on any atom is -0.484 e. The summed E-state index contributed by atoms with van der Waals surface area (Å²) in [5.41, 5.74) is 1.83. The Hall–Kier alpha value is -2.32. The fourth-order valence-corrected chi connectivity index (χ4v) is 3.67. The molecule has 0 bridgehead atoms. The first-order chi connectivity index (χ1) is 10.7. The van der Waals surface area contributed by atoms with Gasteiger partial charge in [0, 0.05) is 11.4 Å². The average molecular weight is 312 g/mol. The molecule has 1 aromatic carbocycles. The molecule has 0 aliphatic carbocycles. The molecule has 22 heavy (non-hydrogen) atoms. The van der Waals surface area contributed by atoms with E-state index >= 15 is 0 Å². The second-order valence-corrected chi connectivity index (χ2v) is 6.24. The van der Waals surface area contributed by atoms with Crippen molar-refractivity contribution in [2.45, 2.75) is 19.4 Å². The molecule has 0 unspecified atom stereocenters. The first kappa shape index (κ1) is 14.6. The summed E-state index contributed by atoms with van der Waals surface area (Å²) >= 11 is 1.76. The highest BCUT2D eigenvalue weighted by atomic mass is 32.1. The van der Waals surface area contributed by atoms with E-state index in [-0.39, 0.29) is 18.6 Å². The van der Waals surface area contributed by atoms with Crippen LogP contribution in [-0.2, 0) is 11.2 Å². The Kier molecular flexibility index (Phi) is 4.12. The van der Waals surface area contributed by atoms with Crippen molar-refractivity contribution in [1.82, 2.24) is 4.90 Å². The van der Waals surface area contributed by atoms with Gasteiger partial charge >= 0.3 is 0 Å². The third-order valence-electron chi connectivity index (χ3n) is 3.94. The number of nitrogens with zero attached hydrogens (tertiary/aromatic N) is 2. The fourth-order valence-electron chi connectivity index (χ4n) is 2.70. The lowest BCUT2D eigenvalue weighted by atomic mass is 10.0. The maximum absolute atomic E-state index is 12.4. The summed E-state index contributed by atoms with van der Waals surface area (Å²) in [5.74, 6) is 0.599. The first-order valence-electron chi connectivity index (χ1n) is 7.17. The number of nitriles is 1. The predicted molar refractivity (Wildman–Crippen MR) is 84.8 cm³/mol. The van der Waals surface area contributed by atoms with E-state index in [1.54, 1.807) is 35.6 Å². The van der Waals surface area contributed by atoms with Crippen LogP contribution >= 0.6 is 11.3 Å². The Morgan fingerprint density at radius 3 is 2.91 bits per heavy atom. The maximum atomic E-state index is 12.4. The predicted octanol–water partition coefficient (Wildman–Crippen LogP) is 3.14. The lowest BCUT2D eigenvalue weighted by Gasteiger charge is -2.33. The van der Waals surface area contributed by atoms with E-state index in [4.69, 9.17) is 10.00 Å². The van der Waals surface area contributed by atoms with Crippen molar-refractivity contribution in [2.24, 2.45) is 0 Å². The zero-order valence-corrected chi connectivity index (χ0v) is 13.1. The molecule has 0 radical (unpaired) electrons. The highest BCUT2D eigenvalue weighted by Gasteiger charge is 2.28. The van der Waals surface area contributed by atoms with E-state index in [2.05, 4.69) is 24.4 Å². The standard InChI is InChI=1S/C17H16N2O2S/c1-12-15-7-9-22-16(15)6-8-19(12)17(20)11-21-14-4-2-13(10-18)3-5-14/h2-5,7,9,12H,6,8,11H2,1H3/t12-/m1/s1. The van der Waals surface area contributed by atoms with Crippen LogP contribution in [0, 0.1) is 11.3 Å². The van der Waals surface area contributed by atoms with Crippen molar-refractivity contribution >= 4 is 17.2 Å². The Morgan fingerprint density at radius 2 is 2.18 bits per heavy atom. The van der Waals surface area contributed by atoms with Gasteiger partial charge < -0.3 is 9.64 Å². The van der Waals surface area contributed by atoms with Crippen molar-refractivity contribution in [1.29, 1.82) is 5.26 Å². The number of hydrogen-bond acceptors (Lipinski definition) is 4. The first-order valence-corrected chi connectivity index (χ1v) is 8.05. The molecule has 4 nitrogen and oxygen atoms in total. The Labute approximate surface area is 133 Å². The molecule has 0 saturated heterocycles. The summed E-state index contributed by atoms with van der Waals surface area (Å²) in [6, 6.07) is 11.0. The molecule has 0 saturated carbocycles. The molecule has 1 aliphatic rings. The van der Waals surface area contributed by atoms with Crippen LogP contribution in [0.1, 0.15) is 29.0 Å². The van der Waals surface area contributed by atoms with Crippen LogP contribution < -0.4 is 4.74 Å². The number of fused-ring (bicyclic) bond motifs is 1. The largest absolute Gasteiger partial charge is 0.484 e. The molecule has 1 aliphatic heterocycles. The van der Waals surface area contributed by atoms with Gasteiger partial charge in [-0.15, -0.1) is 11.3 Å². The minimum atomic E-state index is -0.00582. The Bertz CT molecular complexity index is 715. The molecule has 3 rings (SSSR count). The van der Waals surface area contributed by atoms with Gasteiger partial charge in [0.25, 0.3) is 5.91 Å². The zero-order chi connectivity index (χ0) is 15.5. The molecule has 1 aromatic heterocycles. The Balaban J connectivity index is 1.61. The molecular weight excluding hydrogens is 296 g/mol. The number of thiophene rings is 1. The maximum Gasteiger partial charge on any atom is 0.261 e. The number of amides is 1. The quantitative estimate of drug-likeness (QED) is 0.875. The van der Waals surface area contributed by atoms with Crippen LogP contribution in [0.15, 0.2) is 35.7 Å². The third-order valence-corrected chi connectivity index (χ3v) is 4.94. The lowest BCUT2D eigenvalue weighted by Crippen LogP contribution is -2.40. The number of hydrogen-bond donors (Lipinski definition) is 0. The van der Waals surface area contributed by atoms with Crippen LogP contribution in [-0.4, -0.2) is 24.0 Å². The Morgan fingerprint density at radius 1 is 1.41 bits per heavy atom. The van der Waals surface area contributed by atoms with Gasteiger partial charge in [0.2, 0.25) is 0 Å². The monoisotopic (exact) mass is 312 g/mol. The van der Waals surface area contributed by atoms with Gasteiger partial charge in [-0.1, -0.05) is 0 Å².